The van der Waals surface area contributed by atoms with E-state index in [-0.39, 0.29) is 37.9 Å². The third-order valence-corrected chi connectivity index (χ3v) is 6.44. The zero-order chi connectivity index (χ0) is 29.2. The van der Waals surface area contributed by atoms with Crippen LogP contribution in [0.3, 0.4) is 0 Å². The van der Waals surface area contributed by atoms with Gasteiger partial charge in [0.05, 0.1) is 7.11 Å². The number of carbonyl (C=O) groups is 5. The first-order valence-corrected chi connectivity index (χ1v) is 12.6. The van der Waals surface area contributed by atoms with Gasteiger partial charge >= 0.3 is 6.03 Å². The highest BCUT2D eigenvalue weighted by molar-refractivity contribution is 5.93. The zero-order valence-electron chi connectivity index (χ0n) is 21.9. The molecule has 40 heavy (non-hydrogen) atoms. The number of nitrogens with one attached hydrogen (secondary N) is 3. The molecule has 2 aromatic rings. The van der Waals surface area contributed by atoms with Crippen LogP contribution < -0.4 is 31.5 Å². The molecule has 2 aromatic carbocycles. The third kappa shape index (κ3) is 8.68. The molecule has 1 saturated heterocycles. The molecule has 214 valence electrons. The van der Waals surface area contributed by atoms with Gasteiger partial charge in [-0.05, 0) is 55.2 Å². The number of primary amides is 1. The summed E-state index contributed by atoms with van der Waals surface area (Å²) in [5, 5.41) is 18.7. The Labute approximate surface area is 230 Å². The Balaban J connectivity index is 1.72. The second kappa shape index (κ2) is 13.9. The van der Waals surface area contributed by atoms with Crippen molar-refractivity contribution in [3.63, 3.8) is 0 Å². The molecule has 5 N–H and O–H groups in total. The fourth-order valence-electron chi connectivity index (χ4n) is 4.40. The second-order valence-electron chi connectivity index (χ2n) is 9.32. The molecular formula is C27H31FN5O7-. The average molecular weight is 557 g/mol. The molecule has 1 aliphatic rings. The lowest BCUT2D eigenvalue weighted by atomic mass is 9.95. The topological polar surface area (TPSA) is 183 Å². The number of hydrogen-bond donors (Lipinski definition) is 4. The van der Waals surface area contributed by atoms with Crippen molar-refractivity contribution in [3.8, 4) is 5.75 Å². The van der Waals surface area contributed by atoms with Crippen molar-refractivity contribution >= 4 is 35.4 Å². The SMILES string of the molecule is COc1ccc(C[C@H](NC(=O)[C@@H]2C[C@@H](NC(=O)Nc3cccc(F)c3)CCN2C(=O)CCC(=O)[O-])C(N)=O)cc1. The maximum atomic E-state index is 13.4. The summed E-state index contributed by atoms with van der Waals surface area (Å²) in [7, 11) is 1.51. The van der Waals surface area contributed by atoms with Crippen LogP contribution in [0, 0.1) is 5.82 Å². The summed E-state index contributed by atoms with van der Waals surface area (Å²) in [6.45, 7) is 0.0363. The number of carbonyl (C=O) groups excluding carboxylic acids is 5. The van der Waals surface area contributed by atoms with Crippen LogP contribution in [0.1, 0.15) is 31.2 Å². The largest absolute Gasteiger partial charge is 0.550 e. The Bertz CT molecular complexity index is 1240. The number of nitrogens with two attached hydrogens (primary N) is 1. The molecule has 0 aliphatic carbocycles. The molecule has 1 fully saturated rings. The fraction of sp³-hybridized carbons (Fsp3) is 0.370. The summed E-state index contributed by atoms with van der Waals surface area (Å²) in [6, 6.07) is 8.69. The van der Waals surface area contributed by atoms with E-state index >= 15 is 0 Å². The normalized spacial score (nSPS) is 17.3. The first-order chi connectivity index (χ1) is 19.0. The predicted molar refractivity (Wildman–Crippen MR) is 139 cm³/mol. The lowest BCUT2D eigenvalue weighted by molar-refractivity contribution is -0.305. The maximum Gasteiger partial charge on any atom is 0.319 e. The number of piperidine rings is 1. The van der Waals surface area contributed by atoms with E-state index in [4.69, 9.17) is 10.5 Å². The average Bonchev–Trinajstić information content (AvgIpc) is 2.91. The van der Waals surface area contributed by atoms with Gasteiger partial charge in [0.1, 0.15) is 23.7 Å². The molecule has 1 aliphatic heterocycles. The minimum Gasteiger partial charge on any atom is -0.550 e. The number of likely N-dealkylation sites (tertiary alicyclic amines) is 1. The molecule has 3 atom stereocenters. The van der Waals surface area contributed by atoms with Crippen LogP contribution in [0.4, 0.5) is 14.9 Å². The van der Waals surface area contributed by atoms with Crippen LogP contribution in [-0.2, 0) is 25.6 Å². The van der Waals surface area contributed by atoms with Gasteiger partial charge in [-0.3, -0.25) is 14.4 Å². The number of anilines is 1. The van der Waals surface area contributed by atoms with Crippen LogP contribution >= 0.6 is 0 Å². The number of aliphatic carboxylic acids is 1. The number of halogens is 1. The van der Waals surface area contributed by atoms with Crippen molar-refractivity contribution in [1.82, 2.24) is 15.5 Å². The lowest BCUT2D eigenvalue weighted by Crippen LogP contribution is -2.60. The maximum absolute atomic E-state index is 13.4. The number of rotatable bonds is 11. The predicted octanol–water partition coefficient (Wildman–Crippen LogP) is 0.0583. The molecule has 0 spiro atoms. The number of hydrogen-bond acceptors (Lipinski definition) is 7. The first-order valence-electron chi connectivity index (χ1n) is 12.6. The van der Waals surface area contributed by atoms with E-state index in [1.165, 1.54) is 30.2 Å². The second-order valence-corrected chi connectivity index (χ2v) is 9.32. The molecule has 3 rings (SSSR count). The molecule has 5 amide bonds. The number of nitrogens with zero attached hydrogens (tertiary/aromatic N) is 1. The van der Waals surface area contributed by atoms with E-state index in [0.29, 0.717) is 11.3 Å². The minimum atomic E-state index is -1.41. The monoisotopic (exact) mass is 556 g/mol. The molecular weight excluding hydrogens is 525 g/mol. The minimum absolute atomic E-state index is 0.0204. The highest BCUT2D eigenvalue weighted by atomic mass is 19.1. The van der Waals surface area contributed by atoms with Crippen molar-refractivity contribution in [2.24, 2.45) is 5.73 Å². The fourth-order valence-corrected chi connectivity index (χ4v) is 4.40. The smallest absolute Gasteiger partial charge is 0.319 e. The van der Waals surface area contributed by atoms with E-state index < -0.39 is 60.1 Å². The Hall–Kier alpha value is -4.68. The number of methoxy groups -OCH3 is 1. The third-order valence-electron chi connectivity index (χ3n) is 6.44. The van der Waals surface area contributed by atoms with Crippen LogP contribution in [0.5, 0.6) is 5.75 Å². The standard InChI is InChI=1S/C27H32FN5O7/c1-40-20-7-5-16(6-8-20)13-21(25(29)37)32-26(38)22-15-19(11-12-33(22)23(34)9-10-24(35)36)31-27(39)30-18-4-2-3-17(28)14-18/h2-8,14,19,21-22H,9-13,15H2,1H3,(H2,29,37)(H,32,38)(H,35,36)(H2,30,31,39)/p-1/t19-,21-,22-/m0/s1. The number of ether oxygens (including phenoxy) is 1. The van der Waals surface area contributed by atoms with Gasteiger partial charge in [-0.15, -0.1) is 0 Å². The van der Waals surface area contributed by atoms with Crippen molar-refractivity contribution in [2.45, 2.75) is 50.2 Å². The van der Waals surface area contributed by atoms with Crippen LogP contribution in [-0.4, -0.2) is 66.4 Å². The van der Waals surface area contributed by atoms with Crippen molar-refractivity contribution < 1.29 is 38.2 Å². The van der Waals surface area contributed by atoms with Gasteiger partial charge in [0.2, 0.25) is 17.7 Å². The van der Waals surface area contributed by atoms with Crippen LogP contribution in [0.15, 0.2) is 48.5 Å². The van der Waals surface area contributed by atoms with Gasteiger partial charge in [0, 0.05) is 37.1 Å². The molecule has 0 unspecified atom stereocenters. The summed E-state index contributed by atoms with van der Waals surface area (Å²) in [4.78, 5) is 63.0. The zero-order valence-corrected chi connectivity index (χ0v) is 21.9. The summed E-state index contributed by atoms with van der Waals surface area (Å²) < 4.78 is 18.6. The number of benzene rings is 2. The van der Waals surface area contributed by atoms with Crippen molar-refractivity contribution in [3.05, 3.63) is 59.9 Å². The van der Waals surface area contributed by atoms with Gasteiger partial charge in [-0.2, -0.15) is 0 Å². The highest BCUT2D eigenvalue weighted by Crippen LogP contribution is 2.21. The number of carboxylic acids is 1. The van der Waals surface area contributed by atoms with Gasteiger partial charge in [-0.25, -0.2) is 9.18 Å². The van der Waals surface area contributed by atoms with Crippen molar-refractivity contribution in [2.75, 3.05) is 19.0 Å². The van der Waals surface area contributed by atoms with Gasteiger partial charge < -0.3 is 41.2 Å². The van der Waals surface area contributed by atoms with E-state index in [1.54, 1.807) is 24.3 Å². The molecule has 13 heteroatoms. The van der Waals surface area contributed by atoms with Crippen LogP contribution in [0.2, 0.25) is 0 Å². The Kier molecular flexibility index (Phi) is 10.4. The van der Waals surface area contributed by atoms with Crippen LogP contribution in [0.25, 0.3) is 0 Å². The lowest BCUT2D eigenvalue weighted by Gasteiger charge is -2.39. The van der Waals surface area contributed by atoms with E-state index in [9.17, 15) is 33.5 Å². The summed E-state index contributed by atoms with van der Waals surface area (Å²) in [6.07, 6.45) is -0.581. The number of urea groups is 1. The molecule has 0 radical (unpaired) electrons. The highest BCUT2D eigenvalue weighted by Gasteiger charge is 2.37. The molecule has 0 saturated carbocycles. The summed E-state index contributed by atoms with van der Waals surface area (Å²) in [5.74, 6) is -3.39. The van der Waals surface area contributed by atoms with Gasteiger partial charge in [-0.1, -0.05) is 18.2 Å². The first kappa shape index (κ1) is 29.9. The Morgan fingerprint density at radius 1 is 1.12 bits per heavy atom. The Morgan fingerprint density at radius 2 is 1.85 bits per heavy atom. The van der Waals surface area contributed by atoms with E-state index in [1.807, 2.05) is 0 Å². The Morgan fingerprint density at radius 3 is 2.48 bits per heavy atom. The molecule has 1 heterocycles. The summed E-state index contributed by atoms with van der Waals surface area (Å²) >= 11 is 0. The summed E-state index contributed by atoms with van der Waals surface area (Å²) in [5.41, 5.74) is 6.47. The number of amides is 5. The quantitative estimate of drug-likeness (QED) is 0.302. The molecule has 0 aromatic heterocycles. The van der Waals surface area contributed by atoms with Gasteiger partial charge in [0.25, 0.3) is 0 Å². The van der Waals surface area contributed by atoms with Crippen molar-refractivity contribution in [1.29, 1.82) is 0 Å². The van der Waals surface area contributed by atoms with Gasteiger partial charge in [0.15, 0.2) is 0 Å². The number of carboxylic acid groups (broad SMARTS) is 1. The van der Waals surface area contributed by atoms with E-state index in [0.717, 1.165) is 6.07 Å². The molecule has 12 nitrogen and oxygen atoms in total. The van der Waals surface area contributed by atoms with E-state index in [2.05, 4.69) is 16.0 Å². The molecule has 0 bridgehead atoms.